The number of rotatable bonds is 4. The Hall–Kier alpha value is -1.90. The number of likely N-dealkylation sites (tertiary alicyclic amines) is 1. The van der Waals surface area contributed by atoms with Crippen molar-refractivity contribution in [3.63, 3.8) is 0 Å². The van der Waals surface area contributed by atoms with Gasteiger partial charge in [-0.1, -0.05) is 23.9 Å². The van der Waals surface area contributed by atoms with Crippen LogP contribution in [0.3, 0.4) is 0 Å². The molecule has 2 fully saturated rings. The fourth-order valence-electron chi connectivity index (χ4n) is 3.24. The molecule has 0 radical (unpaired) electrons. The zero-order valence-electron chi connectivity index (χ0n) is 13.8. The summed E-state index contributed by atoms with van der Waals surface area (Å²) < 4.78 is 11.5. The molecule has 0 bridgehead atoms. The molecule has 2 aliphatic heterocycles. The average Bonchev–Trinajstić information content (AvgIpc) is 3.32. The van der Waals surface area contributed by atoms with Gasteiger partial charge in [0.05, 0.1) is 19.8 Å². The van der Waals surface area contributed by atoms with Crippen LogP contribution in [0.4, 0.5) is 0 Å². The molecular formula is C17H20N4O3S. The molecule has 132 valence electrons. The summed E-state index contributed by atoms with van der Waals surface area (Å²) in [7, 11) is 0. The molecule has 2 aromatic rings. The first-order valence-corrected chi connectivity index (χ1v) is 9.37. The molecule has 1 amide bonds. The quantitative estimate of drug-likeness (QED) is 0.841. The van der Waals surface area contributed by atoms with Gasteiger partial charge in [-0.3, -0.25) is 9.89 Å². The van der Waals surface area contributed by atoms with Gasteiger partial charge in [0.15, 0.2) is 10.9 Å². The van der Waals surface area contributed by atoms with Crippen molar-refractivity contribution < 1.29 is 14.3 Å². The molecule has 25 heavy (non-hydrogen) atoms. The molecule has 0 saturated carbocycles. The lowest BCUT2D eigenvalue weighted by Crippen LogP contribution is -2.51. The molecule has 3 heterocycles. The number of aromatic nitrogens is 3. The van der Waals surface area contributed by atoms with Gasteiger partial charge < -0.3 is 14.4 Å². The van der Waals surface area contributed by atoms with Crippen LogP contribution in [0, 0.1) is 0 Å². The minimum Gasteiger partial charge on any atom is -0.346 e. The van der Waals surface area contributed by atoms with Gasteiger partial charge in [0.2, 0.25) is 0 Å². The number of nitrogens with zero attached hydrogens (tertiary/aromatic N) is 3. The van der Waals surface area contributed by atoms with Crippen LogP contribution in [0.15, 0.2) is 35.7 Å². The van der Waals surface area contributed by atoms with Crippen molar-refractivity contribution in [3.8, 4) is 0 Å². The zero-order valence-corrected chi connectivity index (χ0v) is 14.6. The molecule has 7 nitrogen and oxygen atoms in total. The Morgan fingerprint density at radius 3 is 2.80 bits per heavy atom. The molecule has 1 N–H and O–H groups in total. The van der Waals surface area contributed by atoms with Gasteiger partial charge in [0.25, 0.3) is 5.91 Å². The topological polar surface area (TPSA) is 80.3 Å². The highest BCUT2D eigenvalue weighted by atomic mass is 32.2. The Balaban J connectivity index is 1.38. The Labute approximate surface area is 150 Å². The zero-order chi connectivity index (χ0) is 17.1. The van der Waals surface area contributed by atoms with E-state index in [1.807, 2.05) is 29.2 Å². The maximum Gasteiger partial charge on any atom is 0.254 e. The molecule has 1 aromatic heterocycles. The highest BCUT2D eigenvalue weighted by molar-refractivity contribution is 7.98. The van der Waals surface area contributed by atoms with Gasteiger partial charge in [-0.05, 0) is 24.1 Å². The summed E-state index contributed by atoms with van der Waals surface area (Å²) in [5.74, 6) is 0.229. The Kier molecular flexibility index (Phi) is 4.74. The number of hydrogen-bond donors (Lipinski definition) is 1. The molecule has 0 unspecified atom stereocenters. The standard InChI is InChI=1S/C17H20N4O3S/c22-15(21-7-1-6-17(11-21)23-8-9-24-17)14-4-2-13(3-5-14)10-25-16-18-12-19-20-16/h2-5,12H,1,6-11H2,(H,18,19,20). The number of H-pyrrole nitrogens is 1. The van der Waals surface area contributed by atoms with E-state index in [2.05, 4.69) is 15.2 Å². The first-order chi connectivity index (χ1) is 12.2. The van der Waals surface area contributed by atoms with E-state index < -0.39 is 5.79 Å². The van der Waals surface area contributed by atoms with Crippen LogP contribution in [0.2, 0.25) is 0 Å². The first-order valence-electron chi connectivity index (χ1n) is 8.38. The van der Waals surface area contributed by atoms with Crippen LogP contribution in [-0.2, 0) is 15.2 Å². The van der Waals surface area contributed by atoms with Crippen molar-refractivity contribution in [2.24, 2.45) is 0 Å². The molecule has 2 saturated heterocycles. The van der Waals surface area contributed by atoms with Gasteiger partial charge in [0.1, 0.15) is 6.33 Å². The third-order valence-corrected chi connectivity index (χ3v) is 5.44. The number of benzene rings is 1. The number of hydrogen-bond acceptors (Lipinski definition) is 6. The number of ether oxygens (including phenoxy) is 2. The van der Waals surface area contributed by atoms with E-state index in [4.69, 9.17) is 9.47 Å². The van der Waals surface area contributed by atoms with E-state index in [-0.39, 0.29) is 5.91 Å². The second-order valence-corrected chi connectivity index (χ2v) is 7.18. The van der Waals surface area contributed by atoms with Crippen LogP contribution in [0.5, 0.6) is 0 Å². The van der Waals surface area contributed by atoms with Crippen molar-refractivity contribution >= 4 is 17.7 Å². The highest BCUT2D eigenvalue weighted by Crippen LogP contribution is 2.30. The lowest BCUT2D eigenvalue weighted by atomic mass is 10.0. The summed E-state index contributed by atoms with van der Waals surface area (Å²) in [6.07, 6.45) is 3.25. The number of nitrogens with one attached hydrogen (secondary N) is 1. The van der Waals surface area contributed by atoms with Crippen LogP contribution >= 0.6 is 11.8 Å². The maximum absolute atomic E-state index is 12.8. The predicted octanol–water partition coefficient (Wildman–Crippen LogP) is 2.08. The van der Waals surface area contributed by atoms with Gasteiger partial charge in [-0.2, -0.15) is 5.10 Å². The second-order valence-electron chi connectivity index (χ2n) is 6.21. The van der Waals surface area contributed by atoms with E-state index in [1.54, 1.807) is 11.8 Å². The van der Waals surface area contributed by atoms with Crippen molar-refractivity contribution in [2.45, 2.75) is 29.5 Å². The summed E-state index contributed by atoms with van der Waals surface area (Å²) in [6.45, 7) is 2.48. The summed E-state index contributed by atoms with van der Waals surface area (Å²) in [6, 6.07) is 7.74. The number of amides is 1. The SMILES string of the molecule is O=C(c1ccc(CSc2ncn[nH]2)cc1)N1CCCC2(C1)OCCO2. The average molecular weight is 360 g/mol. The first kappa shape index (κ1) is 16.6. The Morgan fingerprint density at radius 2 is 2.08 bits per heavy atom. The van der Waals surface area contributed by atoms with Gasteiger partial charge in [0, 0.05) is 24.3 Å². The van der Waals surface area contributed by atoms with Crippen LogP contribution < -0.4 is 0 Å². The monoisotopic (exact) mass is 360 g/mol. The Bertz CT molecular complexity index is 714. The van der Waals surface area contributed by atoms with Crippen LogP contribution in [0.25, 0.3) is 0 Å². The molecular weight excluding hydrogens is 340 g/mol. The molecule has 1 aromatic carbocycles. The summed E-state index contributed by atoms with van der Waals surface area (Å²) in [5.41, 5.74) is 1.83. The fourth-order valence-corrected chi connectivity index (χ4v) is 3.97. The van der Waals surface area contributed by atoms with Crippen LogP contribution in [-0.4, -0.2) is 58.1 Å². The normalized spacial score (nSPS) is 19.4. The third kappa shape index (κ3) is 3.70. The molecule has 2 aliphatic rings. The maximum atomic E-state index is 12.8. The third-order valence-electron chi connectivity index (χ3n) is 4.49. The smallest absolute Gasteiger partial charge is 0.254 e. The van der Waals surface area contributed by atoms with E-state index in [9.17, 15) is 4.79 Å². The largest absolute Gasteiger partial charge is 0.346 e. The molecule has 1 spiro atoms. The molecule has 4 rings (SSSR count). The van der Waals surface area contributed by atoms with Crippen molar-refractivity contribution in [1.82, 2.24) is 20.1 Å². The van der Waals surface area contributed by atoms with Gasteiger partial charge in [-0.25, -0.2) is 4.98 Å². The van der Waals surface area contributed by atoms with E-state index in [0.717, 1.165) is 35.9 Å². The Morgan fingerprint density at radius 1 is 1.28 bits per heavy atom. The van der Waals surface area contributed by atoms with E-state index >= 15 is 0 Å². The highest BCUT2D eigenvalue weighted by Gasteiger charge is 2.42. The lowest BCUT2D eigenvalue weighted by Gasteiger charge is -2.38. The van der Waals surface area contributed by atoms with Crippen molar-refractivity contribution in [1.29, 1.82) is 0 Å². The molecule has 8 heteroatoms. The van der Waals surface area contributed by atoms with E-state index in [0.29, 0.717) is 25.3 Å². The minimum atomic E-state index is -0.582. The fraction of sp³-hybridized carbons (Fsp3) is 0.471. The van der Waals surface area contributed by atoms with Crippen LogP contribution in [0.1, 0.15) is 28.8 Å². The lowest BCUT2D eigenvalue weighted by molar-refractivity contribution is -0.183. The molecule has 0 atom stereocenters. The number of carbonyl (C=O) groups is 1. The summed E-state index contributed by atoms with van der Waals surface area (Å²) in [4.78, 5) is 18.7. The number of carbonyl (C=O) groups excluding carboxylic acids is 1. The van der Waals surface area contributed by atoms with Gasteiger partial charge >= 0.3 is 0 Å². The second kappa shape index (κ2) is 7.15. The van der Waals surface area contributed by atoms with E-state index in [1.165, 1.54) is 6.33 Å². The number of thioether (sulfide) groups is 1. The number of piperidine rings is 1. The van der Waals surface area contributed by atoms with Gasteiger partial charge in [-0.15, -0.1) is 0 Å². The molecule has 0 aliphatic carbocycles. The predicted molar refractivity (Wildman–Crippen MR) is 92.2 cm³/mol. The minimum absolute atomic E-state index is 0.0348. The van der Waals surface area contributed by atoms with Crippen molar-refractivity contribution in [2.75, 3.05) is 26.3 Å². The van der Waals surface area contributed by atoms with Crippen molar-refractivity contribution in [3.05, 3.63) is 41.7 Å². The number of aromatic amines is 1. The summed E-state index contributed by atoms with van der Waals surface area (Å²) in [5, 5.41) is 7.43. The summed E-state index contributed by atoms with van der Waals surface area (Å²) >= 11 is 1.58.